The molecule has 0 bridgehead atoms. The largest absolute Gasteiger partial charge is 0.507 e. The number of halogens is 1. The summed E-state index contributed by atoms with van der Waals surface area (Å²) in [6.07, 6.45) is 0.803. The monoisotopic (exact) mass is 470 g/mol. The van der Waals surface area contributed by atoms with E-state index in [4.69, 9.17) is 10.00 Å². The number of hydrogen-bond donors (Lipinski definition) is 1. The van der Waals surface area contributed by atoms with Gasteiger partial charge in [-0.25, -0.2) is 4.39 Å². The van der Waals surface area contributed by atoms with Crippen LogP contribution in [0.5, 0.6) is 5.75 Å². The number of rotatable bonds is 6. The highest BCUT2D eigenvalue weighted by Crippen LogP contribution is 2.43. The van der Waals surface area contributed by atoms with Crippen LogP contribution in [0.1, 0.15) is 41.6 Å². The van der Waals surface area contributed by atoms with Crippen molar-refractivity contribution in [3.63, 3.8) is 0 Å². The number of ether oxygens (including phenoxy) is 1. The molecule has 35 heavy (non-hydrogen) atoms. The molecule has 3 aromatic rings. The van der Waals surface area contributed by atoms with Crippen molar-refractivity contribution in [3.8, 4) is 11.8 Å². The van der Waals surface area contributed by atoms with E-state index in [1.54, 1.807) is 55.5 Å². The molecule has 0 saturated carbocycles. The molecular formula is C28H23FN2O4. The average molecular weight is 471 g/mol. The van der Waals surface area contributed by atoms with Crippen molar-refractivity contribution >= 4 is 23.1 Å². The normalized spacial score (nSPS) is 16.9. The van der Waals surface area contributed by atoms with Gasteiger partial charge in [-0.1, -0.05) is 19.1 Å². The molecule has 1 N–H and O–H groups in total. The van der Waals surface area contributed by atoms with E-state index in [1.807, 2.05) is 13.0 Å². The van der Waals surface area contributed by atoms with Crippen molar-refractivity contribution in [1.82, 2.24) is 0 Å². The molecule has 0 aliphatic carbocycles. The standard InChI is InChI=1S/C28H23FN2O4/c1-3-13-35-22-6-4-5-19(15-22)25-24(26(32)20-9-12-23(29)17(2)14-20)27(33)28(34)31(25)21-10-7-18(16-30)8-11-21/h4-12,14-15,25,32H,3,13H2,1-2H3/b26-24-. The van der Waals surface area contributed by atoms with Crippen LogP contribution < -0.4 is 9.64 Å². The molecule has 7 heteroatoms. The number of nitrogens with zero attached hydrogens (tertiary/aromatic N) is 2. The van der Waals surface area contributed by atoms with Crippen molar-refractivity contribution < 1.29 is 23.8 Å². The second-order valence-electron chi connectivity index (χ2n) is 8.21. The summed E-state index contributed by atoms with van der Waals surface area (Å²) < 4.78 is 19.6. The lowest BCUT2D eigenvalue weighted by molar-refractivity contribution is -0.132. The van der Waals surface area contributed by atoms with E-state index >= 15 is 0 Å². The number of amides is 1. The Hall–Kier alpha value is -4.44. The zero-order valence-electron chi connectivity index (χ0n) is 19.3. The molecule has 1 saturated heterocycles. The second-order valence-corrected chi connectivity index (χ2v) is 8.21. The third kappa shape index (κ3) is 4.51. The minimum atomic E-state index is -0.960. The minimum absolute atomic E-state index is 0.113. The molecule has 0 aromatic heterocycles. The molecule has 0 spiro atoms. The van der Waals surface area contributed by atoms with Gasteiger partial charge in [-0.2, -0.15) is 5.26 Å². The van der Waals surface area contributed by atoms with Crippen molar-refractivity contribution in [3.05, 3.63) is 100 Å². The van der Waals surface area contributed by atoms with E-state index < -0.39 is 29.3 Å². The van der Waals surface area contributed by atoms with Gasteiger partial charge < -0.3 is 9.84 Å². The fourth-order valence-electron chi connectivity index (χ4n) is 4.05. The third-order valence-corrected chi connectivity index (χ3v) is 5.80. The Balaban J connectivity index is 1.92. The van der Waals surface area contributed by atoms with E-state index in [2.05, 4.69) is 0 Å². The molecule has 3 aromatic carbocycles. The Morgan fingerprint density at radius 1 is 1.11 bits per heavy atom. The summed E-state index contributed by atoms with van der Waals surface area (Å²) >= 11 is 0. The van der Waals surface area contributed by atoms with Gasteiger partial charge in [0.25, 0.3) is 11.7 Å². The first-order valence-corrected chi connectivity index (χ1v) is 11.2. The minimum Gasteiger partial charge on any atom is -0.507 e. The number of benzene rings is 3. The Bertz CT molecular complexity index is 1370. The van der Waals surface area contributed by atoms with Crippen LogP contribution in [0, 0.1) is 24.1 Å². The van der Waals surface area contributed by atoms with Gasteiger partial charge in [0.05, 0.1) is 29.9 Å². The highest BCUT2D eigenvalue weighted by molar-refractivity contribution is 6.51. The Morgan fingerprint density at radius 2 is 1.86 bits per heavy atom. The average Bonchev–Trinajstić information content (AvgIpc) is 3.14. The Morgan fingerprint density at radius 3 is 2.51 bits per heavy atom. The molecule has 4 rings (SSSR count). The van der Waals surface area contributed by atoms with Crippen LogP contribution in [-0.4, -0.2) is 23.4 Å². The molecule has 176 valence electrons. The van der Waals surface area contributed by atoms with Gasteiger partial charge in [0, 0.05) is 11.3 Å². The zero-order chi connectivity index (χ0) is 25.1. The number of carbonyl (C=O) groups is 2. The summed E-state index contributed by atoms with van der Waals surface area (Å²) in [5.74, 6) is -1.96. The van der Waals surface area contributed by atoms with Crippen LogP contribution in [0.4, 0.5) is 10.1 Å². The van der Waals surface area contributed by atoms with E-state index in [0.717, 1.165) is 6.42 Å². The van der Waals surface area contributed by atoms with Gasteiger partial charge >= 0.3 is 0 Å². The zero-order valence-corrected chi connectivity index (χ0v) is 19.3. The first-order chi connectivity index (χ1) is 16.8. The van der Waals surface area contributed by atoms with Crippen molar-refractivity contribution in [2.75, 3.05) is 11.5 Å². The van der Waals surface area contributed by atoms with Crippen molar-refractivity contribution in [1.29, 1.82) is 5.26 Å². The number of hydrogen-bond acceptors (Lipinski definition) is 5. The number of carbonyl (C=O) groups excluding carboxylic acids is 2. The summed E-state index contributed by atoms with van der Waals surface area (Å²) in [6, 6.07) is 18.3. The molecule has 1 atom stereocenters. The molecule has 1 fully saturated rings. The van der Waals surface area contributed by atoms with Crippen molar-refractivity contribution in [2.45, 2.75) is 26.3 Å². The van der Waals surface area contributed by atoms with Gasteiger partial charge in [0.1, 0.15) is 17.3 Å². The fraction of sp³-hybridized carbons (Fsp3) is 0.179. The maximum absolute atomic E-state index is 13.8. The molecule has 1 aliphatic heterocycles. The number of aryl methyl sites for hydroxylation is 1. The number of Topliss-reactive ketones (excluding diaryl/α,β-unsaturated/α-hetero) is 1. The number of ketones is 1. The van der Waals surface area contributed by atoms with E-state index in [1.165, 1.54) is 23.1 Å². The lowest BCUT2D eigenvalue weighted by Gasteiger charge is -2.26. The molecule has 1 amide bonds. The summed E-state index contributed by atoms with van der Waals surface area (Å²) in [6.45, 7) is 4.02. The summed E-state index contributed by atoms with van der Waals surface area (Å²) in [5, 5.41) is 20.3. The van der Waals surface area contributed by atoms with E-state index in [9.17, 15) is 19.1 Å². The highest BCUT2D eigenvalue weighted by atomic mass is 19.1. The lowest BCUT2D eigenvalue weighted by atomic mass is 9.94. The van der Waals surface area contributed by atoms with Crippen LogP contribution in [0.25, 0.3) is 5.76 Å². The third-order valence-electron chi connectivity index (χ3n) is 5.80. The first-order valence-electron chi connectivity index (χ1n) is 11.2. The molecule has 1 aliphatic rings. The molecule has 6 nitrogen and oxygen atoms in total. The van der Waals surface area contributed by atoms with E-state index in [0.29, 0.717) is 34.7 Å². The topological polar surface area (TPSA) is 90.6 Å². The first kappa shape index (κ1) is 23.7. The second kappa shape index (κ2) is 9.82. The summed E-state index contributed by atoms with van der Waals surface area (Å²) in [5.41, 5.74) is 1.76. The SMILES string of the molecule is CCCOc1cccc(C2/C(=C(/O)c3ccc(F)c(C)c3)C(=O)C(=O)N2c2ccc(C#N)cc2)c1. The number of aliphatic hydroxyl groups is 1. The number of nitriles is 1. The Labute approximate surface area is 202 Å². The van der Waals surface area contributed by atoms with Crippen LogP contribution in [0.3, 0.4) is 0 Å². The van der Waals surface area contributed by atoms with Crippen LogP contribution in [0.2, 0.25) is 0 Å². The van der Waals surface area contributed by atoms with E-state index in [-0.39, 0.29) is 11.1 Å². The highest BCUT2D eigenvalue weighted by Gasteiger charge is 2.47. The molecule has 1 unspecified atom stereocenters. The maximum atomic E-state index is 13.8. The fourth-order valence-corrected chi connectivity index (χ4v) is 4.05. The smallest absolute Gasteiger partial charge is 0.300 e. The predicted octanol–water partition coefficient (Wildman–Crippen LogP) is 5.42. The summed E-state index contributed by atoms with van der Waals surface area (Å²) in [7, 11) is 0. The number of anilines is 1. The van der Waals surface area contributed by atoms with Gasteiger partial charge in [0.15, 0.2) is 0 Å². The molecule has 1 heterocycles. The van der Waals surface area contributed by atoms with Crippen LogP contribution in [-0.2, 0) is 9.59 Å². The number of aliphatic hydroxyl groups excluding tert-OH is 1. The Kier molecular flexibility index (Phi) is 6.65. The van der Waals surface area contributed by atoms with Gasteiger partial charge in [0.2, 0.25) is 0 Å². The molecule has 0 radical (unpaired) electrons. The lowest BCUT2D eigenvalue weighted by Crippen LogP contribution is -2.29. The summed E-state index contributed by atoms with van der Waals surface area (Å²) in [4.78, 5) is 27.8. The molecular weight excluding hydrogens is 447 g/mol. The van der Waals surface area contributed by atoms with Crippen LogP contribution in [0.15, 0.2) is 72.3 Å². The van der Waals surface area contributed by atoms with Crippen molar-refractivity contribution in [2.24, 2.45) is 0 Å². The maximum Gasteiger partial charge on any atom is 0.300 e. The predicted molar refractivity (Wildman–Crippen MR) is 129 cm³/mol. The van der Waals surface area contributed by atoms with Crippen LogP contribution >= 0.6 is 0 Å². The van der Waals surface area contributed by atoms with Gasteiger partial charge in [-0.3, -0.25) is 14.5 Å². The quantitative estimate of drug-likeness (QED) is 0.295. The van der Waals surface area contributed by atoms with Gasteiger partial charge in [-0.15, -0.1) is 0 Å². The van der Waals surface area contributed by atoms with Gasteiger partial charge in [-0.05, 0) is 79.1 Å².